The van der Waals surface area contributed by atoms with Gasteiger partial charge in [-0.05, 0) is 26.0 Å². The van der Waals surface area contributed by atoms with Gasteiger partial charge in [0.1, 0.15) is 0 Å². The molecule has 1 fully saturated rings. The van der Waals surface area contributed by atoms with Crippen molar-refractivity contribution in [1.29, 1.82) is 0 Å². The van der Waals surface area contributed by atoms with E-state index in [0.717, 1.165) is 26.2 Å². The number of aliphatic hydroxyl groups is 1. The normalized spacial score (nSPS) is 18.5. The van der Waals surface area contributed by atoms with E-state index in [1.807, 2.05) is 38.4 Å². The fraction of sp³-hybridized carbons (Fsp3) is 0.667. The van der Waals surface area contributed by atoms with Crippen LogP contribution in [0.2, 0.25) is 0 Å². The van der Waals surface area contributed by atoms with Crippen molar-refractivity contribution in [3.05, 3.63) is 24.5 Å². The largest absolute Gasteiger partial charge is 0.389 e. The van der Waals surface area contributed by atoms with Gasteiger partial charge in [0.15, 0.2) is 0 Å². The molecule has 0 spiro atoms. The van der Waals surface area contributed by atoms with Gasteiger partial charge in [-0.2, -0.15) is 0 Å². The lowest BCUT2D eigenvalue weighted by Crippen LogP contribution is -2.49. The Morgan fingerprint density at radius 3 is 2.45 bits per heavy atom. The summed E-state index contributed by atoms with van der Waals surface area (Å²) in [7, 11) is 0. The molecule has 0 aliphatic carbocycles. The molecule has 1 N–H and O–H groups in total. The molecule has 0 radical (unpaired) electrons. The summed E-state index contributed by atoms with van der Waals surface area (Å²) in [5.74, 6) is 0. The lowest BCUT2D eigenvalue weighted by molar-refractivity contribution is -0.00899. The molecule has 1 aromatic rings. The number of piperazine rings is 1. The Hall–Kier alpha value is -1.17. The summed E-state index contributed by atoms with van der Waals surface area (Å²) in [5, 5.41) is 9.94. The quantitative estimate of drug-likeness (QED) is 0.841. The third-order valence-electron chi connectivity index (χ3n) is 3.49. The van der Waals surface area contributed by atoms with Gasteiger partial charge in [0.05, 0.1) is 18.8 Å². The summed E-state index contributed by atoms with van der Waals surface area (Å²) in [6, 6.07) is 4.09. The zero-order chi connectivity index (χ0) is 14.4. The lowest BCUT2D eigenvalue weighted by atomic mass is 10.2. The van der Waals surface area contributed by atoms with E-state index < -0.39 is 6.10 Å². The fourth-order valence-electron chi connectivity index (χ4n) is 2.40. The molecule has 1 aliphatic rings. The Bertz CT molecular complexity index is 378. The van der Waals surface area contributed by atoms with E-state index in [1.54, 1.807) is 0 Å². The highest BCUT2D eigenvalue weighted by molar-refractivity contribution is 5.44. The van der Waals surface area contributed by atoms with Crippen LogP contribution in [-0.4, -0.2) is 66.5 Å². The fourth-order valence-corrected chi connectivity index (χ4v) is 2.40. The average molecular weight is 279 g/mol. The Kier molecular flexibility index (Phi) is 5.76. The number of hydrogen-bond donors (Lipinski definition) is 1. The van der Waals surface area contributed by atoms with Crippen LogP contribution in [0.3, 0.4) is 0 Å². The van der Waals surface area contributed by atoms with E-state index in [0.29, 0.717) is 13.2 Å². The first-order valence-corrected chi connectivity index (χ1v) is 7.32. The van der Waals surface area contributed by atoms with Gasteiger partial charge in [0.25, 0.3) is 0 Å². The number of rotatable bonds is 6. The summed E-state index contributed by atoms with van der Waals surface area (Å²) in [5.41, 5.74) is 1.23. The third-order valence-corrected chi connectivity index (χ3v) is 3.49. The van der Waals surface area contributed by atoms with Crippen LogP contribution in [0.1, 0.15) is 13.8 Å². The van der Waals surface area contributed by atoms with Gasteiger partial charge in [0.2, 0.25) is 0 Å². The maximum Gasteiger partial charge on any atom is 0.0900 e. The molecule has 0 saturated carbocycles. The Morgan fingerprint density at radius 1 is 1.20 bits per heavy atom. The number of anilines is 1. The minimum absolute atomic E-state index is 0.174. The first-order valence-electron chi connectivity index (χ1n) is 7.32. The van der Waals surface area contributed by atoms with Crippen LogP contribution in [-0.2, 0) is 4.74 Å². The van der Waals surface area contributed by atoms with Crippen LogP contribution >= 0.6 is 0 Å². The molecule has 0 aromatic carbocycles. The highest BCUT2D eigenvalue weighted by Gasteiger charge is 2.19. The maximum absolute atomic E-state index is 9.94. The molecule has 1 aliphatic heterocycles. The third kappa shape index (κ3) is 4.74. The number of β-amino-alcohol motifs (C(OH)–C–C–N with tert-alkyl or cyclic N) is 1. The molecule has 0 amide bonds. The molecule has 0 bridgehead atoms. The van der Waals surface area contributed by atoms with Crippen molar-refractivity contribution in [1.82, 2.24) is 9.88 Å². The first kappa shape index (κ1) is 15.2. The van der Waals surface area contributed by atoms with Crippen LogP contribution < -0.4 is 4.90 Å². The van der Waals surface area contributed by atoms with Gasteiger partial charge in [-0.3, -0.25) is 9.88 Å². The van der Waals surface area contributed by atoms with Crippen molar-refractivity contribution in [2.45, 2.75) is 26.1 Å². The van der Waals surface area contributed by atoms with Crippen molar-refractivity contribution in [2.75, 3.05) is 44.2 Å². The smallest absolute Gasteiger partial charge is 0.0900 e. The van der Waals surface area contributed by atoms with E-state index in [2.05, 4.69) is 14.8 Å². The number of nitrogens with zero attached hydrogens (tertiary/aromatic N) is 3. The standard InChI is InChI=1S/C15H25N3O2/c1-13(2)20-12-15(19)11-17-7-9-18(10-8-17)14-3-5-16-6-4-14/h3-6,13,15,19H,7-12H2,1-2H3. The predicted octanol–water partition coefficient (Wildman–Crippen LogP) is 0.989. The van der Waals surface area contributed by atoms with Crippen LogP contribution in [0.25, 0.3) is 0 Å². The summed E-state index contributed by atoms with van der Waals surface area (Å²) in [6.07, 6.45) is 3.43. The van der Waals surface area contributed by atoms with Crippen molar-refractivity contribution < 1.29 is 9.84 Å². The highest BCUT2D eigenvalue weighted by atomic mass is 16.5. The van der Waals surface area contributed by atoms with Crippen LogP contribution in [0.15, 0.2) is 24.5 Å². The molecule has 1 saturated heterocycles. The number of aliphatic hydroxyl groups excluding tert-OH is 1. The minimum atomic E-state index is -0.398. The second-order valence-electron chi connectivity index (χ2n) is 5.53. The van der Waals surface area contributed by atoms with Gasteiger partial charge < -0.3 is 14.7 Å². The number of hydrogen-bond acceptors (Lipinski definition) is 5. The van der Waals surface area contributed by atoms with Crippen LogP contribution in [0, 0.1) is 0 Å². The van der Waals surface area contributed by atoms with E-state index in [1.165, 1.54) is 5.69 Å². The molecule has 1 aromatic heterocycles. The van der Waals surface area contributed by atoms with E-state index in [9.17, 15) is 5.11 Å². The number of ether oxygens (including phenoxy) is 1. The lowest BCUT2D eigenvalue weighted by Gasteiger charge is -2.36. The molecular weight excluding hydrogens is 254 g/mol. The Labute approximate surface area is 121 Å². The first-order chi connectivity index (χ1) is 9.65. The maximum atomic E-state index is 9.94. The monoisotopic (exact) mass is 279 g/mol. The van der Waals surface area contributed by atoms with Crippen LogP contribution in [0.4, 0.5) is 5.69 Å². The van der Waals surface area contributed by atoms with E-state index in [4.69, 9.17) is 4.74 Å². The average Bonchev–Trinajstić information content (AvgIpc) is 2.47. The van der Waals surface area contributed by atoms with Gasteiger partial charge in [-0.15, -0.1) is 0 Å². The molecule has 20 heavy (non-hydrogen) atoms. The van der Waals surface area contributed by atoms with Gasteiger partial charge in [-0.1, -0.05) is 0 Å². The summed E-state index contributed by atoms with van der Waals surface area (Å²) in [4.78, 5) is 8.70. The second-order valence-corrected chi connectivity index (χ2v) is 5.53. The van der Waals surface area contributed by atoms with Gasteiger partial charge in [-0.25, -0.2) is 0 Å². The second kappa shape index (κ2) is 7.57. The molecule has 2 heterocycles. The summed E-state index contributed by atoms with van der Waals surface area (Å²) >= 11 is 0. The summed E-state index contributed by atoms with van der Waals surface area (Å²) < 4.78 is 5.44. The Morgan fingerprint density at radius 2 is 1.85 bits per heavy atom. The Balaban J connectivity index is 1.71. The minimum Gasteiger partial charge on any atom is -0.389 e. The number of pyridine rings is 1. The van der Waals surface area contributed by atoms with Gasteiger partial charge >= 0.3 is 0 Å². The zero-order valence-corrected chi connectivity index (χ0v) is 12.4. The van der Waals surface area contributed by atoms with Crippen molar-refractivity contribution in [2.24, 2.45) is 0 Å². The SMILES string of the molecule is CC(C)OCC(O)CN1CCN(c2ccncc2)CC1. The molecule has 1 atom stereocenters. The van der Waals surface area contributed by atoms with Crippen molar-refractivity contribution in [3.8, 4) is 0 Å². The van der Waals surface area contributed by atoms with Crippen molar-refractivity contribution in [3.63, 3.8) is 0 Å². The van der Waals surface area contributed by atoms with E-state index >= 15 is 0 Å². The highest BCUT2D eigenvalue weighted by Crippen LogP contribution is 2.14. The van der Waals surface area contributed by atoms with Crippen molar-refractivity contribution >= 4 is 5.69 Å². The molecular formula is C15H25N3O2. The molecule has 1 unspecified atom stereocenters. The predicted molar refractivity (Wildman–Crippen MR) is 80.0 cm³/mol. The van der Waals surface area contributed by atoms with E-state index in [-0.39, 0.29) is 6.10 Å². The molecule has 5 nitrogen and oxygen atoms in total. The topological polar surface area (TPSA) is 48.8 Å². The number of aromatic nitrogens is 1. The molecule has 112 valence electrons. The molecule has 5 heteroatoms. The van der Waals surface area contributed by atoms with Gasteiger partial charge in [0, 0.05) is 50.8 Å². The molecule has 2 rings (SSSR count). The summed E-state index contributed by atoms with van der Waals surface area (Å²) in [6.45, 7) is 9.01. The van der Waals surface area contributed by atoms with Crippen LogP contribution in [0.5, 0.6) is 0 Å². The zero-order valence-electron chi connectivity index (χ0n) is 12.4.